The van der Waals surface area contributed by atoms with Crippen molar-refractivity contribution in [1.82, 2.24) is 30.1 Å². The molecule has 2 atom stereocenters. The van der Waals surface area contributed by atoms with Gasteiger partial charge in [0, 0.05) is 26.2 Å². The van der Waals surface area contributed by atoms with E-state index >= 15 is 0 Å². The zero-order chi connectivity index (χ0) is 26.7. The molecule has 14 heteroatoms. The third-order valence-corrected chi connectivity index (χ3v) is 5.93. The van der Waals surface area contributed by atoms with Crippen LogP contribution in [0.4, 0.5) is 22.0 Å². The summed E-state index contributed by atoms with van der Waals surface area (Å²) < 4.78 is 68.5. The number of hydrogen-bond acceptors (Lipinski definition) is 5. The molecule has 0 bridgehead atoms. The molecule has 1 aliphatic heterocycles. The predicted molar refractivity (Wildman–Crippen MR) is 118 cm³/mol. The SMILES string of the molecule is O=C(NCC(=O)N1CCN(C(=O)c2cc(F)ccc2C(F)(F)F)CC1)c1cn(C2C=CC=CC2F)nn1. The molecule has 1 aliphatic carbocycles. The number of carbonyl (C=O) groups is 3. The third kappa shape index (κ3) is 5.84. The second kappa shape index (κ2) is 10.5. The zero-order valence-corrected chi connectivity index (χ0v) is 19.2. The summed E-state index contributed by atoms with van der Waals surface area (Å²) in [5, 5.41) is 9.86. The van der Waals surface area contributed by atoms with Crippen LogP contribution in [-0.2, 0) is 11.0 Å². The Morgan fingerprint density at radius 1 is 1.03 bits per heavy atom. The normalized spacial score (nSPS) is 19.7. The maximum absolute atomic E-state index is 14.0. The monoisotopic (exact) mass is 524 g/mol. The van der Waals surface area contributed by atoms with Crippen LogP contribution in [0, 0.1) is 5.82 Å². The minimum absolute atomic E-state index is 0.00666. The molecule has 4 rings (SSSR count). The molecule has 196 valence electrons. The van der Waals surface area contributed by atoms with Gasteiger partial charge in [-0.25, -0.2) is 13.5 Å². The molecule has 1 N–H and O–H groups in total. The summed E-state index contributed by atoms with van der Waals surface area (Å²) in [5.74, 6) is -3.16. The highest BCUT2D eigenvalue weighted by Crippen LogP contribution is 2.33. The van der Waals surface area contributed by atoms with Gasteiger partial charge in [0.05, 0.1) is 23.9 Å². The Kier molecular flexibility index (Phi) is 7.36. The van der Waals surface area contributed by atoms with Crippen molar-refractivity contribution in [3.8, 4) is 0 Å². The lowest BCUT2D eigenvalue weighted by Gasteiger charge is -2.35. The molecule has 3 amide bonds. The summed E-state index contributed by atoms with van der Waals surface area (Å²) in [6.07, 6.45) is 1.18. The van der Waals surface area contributed by atoms with Gasteiger partial charge in [-0.15, -0.1) is 5.10 Å². The third-order valence-electron chi connectivity index (χ3n) is 5.93. The van der Waals surface area contributed by atoms with Gasteiger partial charge >= 0.3 is 6.18 Å². The molecule has 0 radical (unpaired) electrons. The summed E-state index contributed by atoms with van der Waals surface area (Å²) in [6, 6.07) is 0.943. The highest BCUT2D eigenvalue weighted by Gasteiger charge is 2.37. The van der Waals surface area contributed by atoms with Crippen LogP contribution >= 0.6 is 0 Å². The summed E-state index contributed by atoms with van der Waals surface area (Å²) in [7, 11) is 0. The second-order valence-corrected chi connectivity index (χ2v) is 8.33. The van der Waals surface area contributed by atoms with Crippen LogP contribution in [0.15, 0.2) is 48.7 Å². The number of alkyl halides is 4. The van der Waals surface area contributed by atoms with Crippen LogP contribution in [0.5, 0.6) is 0 Å². The predicted octanol–water partition coefficient (Wildman–Crippen LogP) is 2.16. The Balaban J connectivity index is 1.29. The number of benzene rings is 1. The molecule has 9 nitrogen and oxygen atoms in total. The highest BCUT2D eigenvalue weighted by molar-refractivity contribution is 5.96. The van der Waals surface area contributed by atoms with Crippen LogP contribution < -0.4 is 5.32 Å². The highest BCUT2D eigenvalue weighted by atomic mass is 19.4. The number of amides is 3. The lowest BCUT2D eigenvalue weighted by Crippen LogP contribution is -2.52. The Bertz CT molecular complexity index is 1250. The molecule has 37 heavy (non-hydrogen) atoms. The fourth-order valence-electron chi connectivity index (χ4n) is 3.96. The fourth-order valence-corrected chi connectivity index (χ4v) is 3.96. The van der Waals surface area contributed by atoms with Gasteiger partial charge in [0.15, 0.2) is 5.69 Å². The molecule has 1 saturated heterocycles. The van der Waals surface area contributed by atoms with E-state index in [1.807, 2.05) is 0 Å². The van der Waals surface area contributed by atoms with Crippen LogP contribution in [0.25, 0.3) is 0 Å². The molecule has 2 aromatic rings. The van der Waals surface area contributed by atoms with Gasteiger partial charge in [-0.2, -0.15) is 13.2 Å². The van der Waals surface area contributed by atoms with Crippen molar-refractivity contribution in [1.29, 1.82) is 0 Å². The fraction of sp³-hybridized carbons (Fsp3) is 0.348. The average Bonchev–Trinajstić information content (AvgIpc) is 3.36. The number of piperazine rings is 1. The van der Waals surface area contributed by atoms with Gasteiger partial charge in [0.1, 0.15) is 18.0 Å². The standard InChI is InChI=1S/C23H21F5N6O3/c24-14-5-6-16(23(26,27)28)15(11-14)22(37)33-9-7-32(8-10-33)20(35)12-29-21(36)18-13-34(31-30-18)19-4-2-1-3-17(19)25/h1-6,11,13,17,19H,7-10,12H2,(H,29,36). The van der Waals surface area contributed by atoms with Crippen molar-refractivity contribution in [2.24, 2.45) is 0 Å². The van der Waals surface area contributed by atoms with E-state index in [4.69, 9.17) is 0 Å². The maximum atomic E-state index is 14.0. The molecule has 2 aliphatic rings. The molecule has 2 unspecified atom stereocenters. The molecular weight excluding hydrogens is 503 g/mol. The van der Waals surface area contributed by atoms with Gasteiger partial charge in [0.2, 0.25) is 5.91 Å². The van der Waals surface area contributed by atoms with E-state index in [1.54, 1.807) is 18.2 Å². The number of carbonyl (C=O) groups excluding carboxylic acids is 3. The smallest absolute Gasteiger partial charge is 0.342 e. The van der Waals surface area contributed by atoms with Gasteiger partial charge in [-0.1, -0.05) is 23.4 Å². The molecule has 0 spiro atoms. The maximum Gasteiger partial charge on any atom is 0.417 e. The van der Waals surface area contributed by atoms with E-state index in [2.05, 4.69) is 15.6 Å². The van der Waals surface area contributed by atoms with E-state index in [0.29, 0.717) is 18.2 Å². The first-order valence-electron chi connectivity index (χ1n) is 11.2. The molecule has 2 heterocycles. The first-order valence-corrected chi connectivity index (χ1v) is 11.2. The lowest BCUT2D eigenvalue weighted by atomic mass is 10.0. The second-order valence-electron chi connectivity index (χ2n) is 8.33. The Hall–Kier alpha value is -4.10. The number of nitrogens with zero attached hydrogens (tertiary/aromatic N) is 5. The van der Waals surface area contributed by atoms with E-state index < -0.39 is 59.6 Å². The van der Waals surface area contributed by atoms with Crippen LogP contribution in [0.3, 0.4) is 0 Å². The minimum Gasteiger partial charge on any atom is -0.342 e. The molecular formula is C23H21F5N6O3. The Morgan fingerprint density at radius 2 is 1.70 bits per heavy atom. The Morgan fingerprint density at radius 3 is 2.38 bits per heavy atom. The lowest BCUT2D eigenvalue weighted by molar-refractivity contribution is -0.138. The quantitative estimate of drug-likeness (QED) is 0.605. The van der Waals surface area contributed by atoms with Gasteiger partial charge in [-0.3, -0.25) is 14.4 Å². The van der Waals surface area contributed by atoms with Crippen LogP contribution in [-0.4, -0.2) is 81.4 Å². The Labute approximate surface area is 207 Å². The minimum atomic E-state index is -4.84. The van der Waals surface area contributed by atoms with Crippen molar-refractivity contribution >= 4 is 17.7 Å². The summed E-state index contributed by atoms with van der Waals surface area (Å²) in [6.45, 7) is -0.540. The van der Waals surface area contributed by atoms with Gasteiger partial charge in [0.25, 0.3) is 11.8 Å². The average molecular weight is 524 g/mol. The van der Waals surface area contributed by atoms with E-state index in [0.717, 1.165) is 4.90 Å². The summed E-state index contributed by atoms with van der Waals surface area (Å²) in [4.78, 5) is 40.0. The summed E-state index contributed by atoms with van der Waals surface area (Å²) in [5.41, 5.74) is -2.16. The topological polar surface area (TPSA) is 100 Å². The first kappa shape index (κ1) is 26.0. The van der Waals surface area contributed by atoms with Gasteiger partial charge in [-0.05, 0) is 24.3 Å². The molecule has 1 fully saturated rings. The zero-order valence-electron chi connectivity index (χ0n) is 19.2. The number of halogens is 5. The van der Waals surface area contributed by atoms with E-state index in [1.165, 1.54) is 21.9 Å². The van der Waals surface area contributed by atoms with E-state index in [-0.39, 0.29) is 31.9 Å². The van der Waals surface area contributed by atoms with E-state index in [9.17, 15) is 36.3 Å². The number of aromatic nitrogens is 3. The summed E-state index contributed by atoms with van der Waals surface area (Å²) >= 11 is 0. The largest absolute Gasteiger partial charge is 0.417 e. The van der Waals surface area contributed by atoms with Crippen molar-refractivity contribution in [2.45, 2.75) is 18.4 Å². The van der Waals surface area contributed by atoms with Crippen molar-refractivity contribution < 1.29 is 36.3 Å². The number of hydrogen-bond donors (Lipinski definition) is 1. The van der Waals surface area contributed by atoms with Crippen LogP contribution in [0.2, 0.25) is 0 Å². The van der Waals surface area contributed by atoms with Gasteiger partial charge < -0.3 is 15.1 Å². The van der Waals surface area contributed by atoms with Crippen LogP contribution in [0.1, 0.15) is 32.5 Å². The number of rotatable bonds is 5. The molecule has 1 aromatic carbocycles. The number of nitrogens with one attached hydrogen (secondary N) is 1. The van der Waals surface area contributed by atoms with Crippen molar-refractivity contribution in [3.63, 3.8) is 0 Å². The van der Waals surface area contributed by atoms with Crippen molar-refractivity contribution in [2.75, 3.05) is 32.7 Å². The molecule has 1 aromatic heterocycles. The first-order chi connectivity index (χ1) is 17.5. The van der Waals surface area contributed by atoms with Crippen molar-refractivity contribution in [3.05, 3.63) is 71.3 Å². The molecule has 0 saturated carbocycles. The number of allylic oxidation sites excluding steroid dienone is 4.